The molecule has 0 fully saturated rings. The molecule has 13 heteroatoms. The zero-order chi connectivity index (χ0) is 32.9. The normalized spacial score (nSPS) is 17.5. The molecule has 3 atom stereocenters. The van der Waals surface area contributed by atoms with Gasteiger partial charge < -0.3 is 30.5 Å². The summed E-state index contributed by atoms with van der Waals surface area (Å²) in [4.78, 5) is 41.4. The number of carbonyl (C=O) groups excluding carboxylic acids is 2. The van der Waals surface area contributed by atoms with Gasteiger partial charge in [0, 0.05) is 31.2 Å². The first-order valence-electron chi connectivity index (χ1n) is 14.2. The van der Waals surface area contributed by atoms with Crippen molar-refractivity contribution in [2.24, 2.45) is 5.92 Å². The van der Waals surface area contributed by atoms with Crippen molar-refractivity contribution < 1.29 is 42.5 Å². The van der Waals surface area contributed by atoms with Crippen LogP contribution in [0.1, 0.15) is 45.7 Å². The van der Waals surface area contributed by atoms with Gasteiger partial charge in [0.05, 0.1) is 35.0 Å². The van der Waals surface area contributed by atoms with Crippen molar-refractivity contribution >= 4 is 29.3 Å². The van der Waals surface area contributed by atoms with E-state index in [1.165, 1.54) is 12.1 Å². The number of hydrogen-bond acceptors (Lipinski definition) is 6. The quantitative estimate of drug-likeness (QED) is 0.250. The average molecular weight is 629 g/mol. The number of aromatic carboxylic acids is 1. The van der Waals surface area contributed by atoms with E-state index in [0.717, 1.165) is 29.8 Å². The number of hydrogen-bond donors (Lipinski definition) is 4. The minimum Gasteiger partial charge on any atom is -0.486 e. The third kappa shape index (κ3) is 8.31. The number of rotatable bonds is 9. The Morgan fingerprint density at radius 2 is 1.73 bits per heavy atom. The van der Waals surface area contributed by atoms with E-state index in [1.54, 1.807) is 42.2 Å². The van der Waals surface area contributed by atoms with E-state index in [-0.39, 0.29) is 47.3 Å². The summed E-state index contributed by atoms with van der Waals surface area (Å²) in [6.45, 7) is 4.54. The molecule has 1 aliphatic rings. The van der Waals surface area contributed by atoms with Crippen LogP contribution in [0.25, 0.3) is 0 Å². The smallest absolute Gasteiger partial charge is 0.416 e. The lowest BCUT2D eigenvalue weighted by molar-refractivity contribution is -0.137. The third-order valence-corrected chi connectivity index (χ3v) is 7.55. The Morgan fingerprint density at radius 1 is 1.07 bits per heavy atom. The second-order valence-corrected chi connectivity index (χ2v) is 11.2. The number of fused-ring (bicyclic) bond motifs is 1. The Balaban J connectivity index is 1.59. The van der Waals surface area contributed by atoms with E-state index < -0.39 is 41.8 Å². The van der Waals surface area contributed by atoms with Crippen LogP contribution < -0.4 is 15.4 Å². The molecule has 0 radical (unpaired) electrons. The summed E-state index contributed by atoms with van der Waals surface area (Å²) >= 11 is 0. The fraction of sp³-hybridized carbons (Fsp3) is 0.344. The molecule has 10 nitrogen and oxygen atoms in total. The number of para-hydroxylation sites is 1. The molecule has 4 N–H and O–H groups in total. The molecule has 45 heavy (non-hydrogen) atoms. The van der Waals surface area contributed by atoms with Crippen LogP contribution in [-0.2, 0) is 12.7 Å². The molecule has 3 aromatic carbocycles. The summed E-state index contributed by atoms with van der Waals surface area (Å²) in [5, 5.41) is 24.2. The summed E-state index contributed by atoms with van der Waals surface area (Å²) in [5.74, 6) is -1.51. The van der Waals surface area contributed by atoms with E-state index in [4.69, 9.17) is 4.74 Å². The van der Waals surface area contributed by atoms with Crippen LogP contribution in [0, 0.1) is 5.92 Å². The minimum atomic E-state index is -4.51. The number of aliphatic hydroxyl groups is 1. The largest absolute Gasteiger partial charge is 0.486 e. The molecule has 3 amide bonds. The summed E-state index contributed by atoms with van der Waals surface area (Å²) in [6, 6.07) is 13.9. The summed E-state index contributed by atoms with van der Waals surface area (Å²) in [5.41, 5.74) is 0.687. The number of benzene rings is 3. The second kappa shape index (κ2) is 14.0. The van der Waals surface area contributed by atoms with Gasteiger partial charge in [-0.1, -0.05) is 25.1 Å². The number of ether oxygens (including phenoxy) is 1. The number of carbonyl (C=O) groups is 3. The molecule has 1 aliphatic heterocycles. The molecule has 0 bridgehead atoms. The van der Waals surface area contributed by atoms with Gasteiger partial charge in [-0.25, -0.2) is 9.59 Å². The Labute approximate surface area is 258 Å². The molecule has 0 aromatic heterocycles. The van der Waals surface area contributed by atoms with Gasteiger partial charge in [0.2, 0.25) is 0 Å². The van der Waals surface area contributed by atoms with Crippen LogP contribution in [0.4, 0.5) is 29.3 Å². The Kier molecular flexibility index (Phi) is 10.3. The number of halogens is 3. The molecule has 1 heterocycles. The summed E-state index contributed by atoms with van der Waals surface area (Å²) < 4.78 is 45.3. The van der Waals surface area contributed by atoms with Crippen molar-refractivity contribution in [3.63, 3.8) is 0 Å². The lowest BCUT2D eigenvalue weighted by atomic mass is 9.98. The van der Waals surface area contributed by atoms with Crippen LogP contribution in [0.15, 0.2) is 66.7 Å². The van der Waals surface area contributed by atoms with Crippen LogP contribution in [-0.4, -0.2) is 76.8 Å². The highest BCUT2D eigenvalue weighted by Gasteiger charge is 2.35. The van der Waals surface area contributed by atoms with Gasteiger partial charge in [-0.2, -0.15) is 13.2 Å². The maximum atomic E-state index is 13.7. The summed E-state index contributed by atoms with van der Waals surface area (Å²) in [7, 11) is 1.88. The minimum absolute atomic E-state index is 0.121. The molecule has 0 spiro atoms. The molecule has 0 saturated carbocycles. The predicted octanol–water partition coefficient (Wildman–Crippen LogP) is 5.40. The van der Waals surface area contributed by atoms with Gasteiger partial charge in [0.1, 0.15) is 6.10 Å². The second-order valence-electron chi connectivity index (χ2n) is 11.2. The maximum Gasteiger partial charge on any atom is 0.416 e. The van der Waals surface area contributed by atoms with Gasteiger partial charge >= 0.3 is 18.2 Å². The van der Waals surface area contributed by atoms with Gasteiger partial charge in [-0.15, -0.1) is 0 Å². The lowest BCUT2D eigenvalue weighted by Crippen LogP contribution is -2.49. The highest BCUT2D eigenvalue weighted by molar-refractivity contribution is 6.04. The lowest BCUT2D eigenvalue weighted by Gasteiger charge is -2.38. The Hall–Kier alpha value is -4.62. The van der Waals surface area contributed by atoms with Crippen molar-refractivity contribution in [1.82, 2.24) is 9.80 Å². The maximum absolute atomic E-state index is 13.7. The molecule has 0 unspecified atom stereocenters. The number of likely N-dealkylation sites (N-methyl/N-ethyl adjacent to an activating group) is 1. The van der Waals surface area contributed by atoms with Gasteiger partial charge in [-0.3, -0.25) is 9.69 Å². The number of anilines is 2. The van der Waals surface area contributed by atoms with Crippen LogP contribution >= 0.6 is 0 Å². The highest BCUT2D eigenvalue weighted by Crippen LogP contribution is 2.35. The zero-order valence-electron chi connectivity index (χ0n) is 25.0. The Morgan fingerprint density at radius 3 is 2.33 bits per heavy atom. The SMILES string of the molecule is C[C@@H]1CN([C@@H](C)CO)C(=O)c2cccc(NC(=O)Nc3ccc(C(F)(F)F)cc3)c2O[C@H]1CN(C)Cc1ccc(C(=O)O)cc1. The molecular weight excluding hydrogens is 593 g/mol. The number of urea groups is 1. The highest BCUT2D eigenvalue weighted by atomic mass is 19.4. The predicted molar refractivity (Wildman–Crippen MR) is 161 cm³/mol. The molecule has 4 rings (SSSR count). The molecule has 0 aliphatic carbocycles. The first-order valence-corrected chi connectivity index (χ1v) is 14.2. The van der Waals surface area contributed by atoms with E-state index in [9.17, 15) is 37.8 Å². The topological polar surface area (TPSA) is 131 Å². The van der Waals surface area contributed by atoms with Crippen LogP contribution in [0.5, 0.6) is 5.75 Å². The van der Waals surface area contributed by atoms with E-state index in [2.05, 4.69) is 10.6 Å². The molecule has 0 saturated heterocycles. The number of amides is 3. The fourth-order valence-electron chi connectivity index (χ4n) is 5.02. The number of nitrogens with zero attached hydrogens (tertiary/aromatic N) is 2. The first kappa shape index (κ1) is 33.3. The fourth-order valence-corrected chi connectivity index (χ4v) is 5.02. The number of aliphatic hydroxyl groups excluding tert-OH is 1. The van der Waals surface area contributed by atoms with E-state index in [0.29, 0.717) is 13.1 Å². The van der Waals surface area contributed by atoms with Gasteiger partial charge in [0.25, 0.3) is 5.91 Å². The van der Waals surface area contributed by atoms with Crippen molar-refractivity contribution in [2.75, 3.05) is 37.4 Å². The zero-order valence-corrected chi connectivity index (χ0v) is 25.0. The first-order chi connectivity index (χ1) is 21.3. The van der Waals surface area contributed by atoms with Crippen LogP contribution in [0.3, 0.4) is 0 Å². The van der Waals surface area contributed by atoms with Crippen molar-refractivity contribution in [2.45, 2.75) is 38.7 Å². The average Bonchev–Trinajstić information content (AvgIpc) is 2.99. The van der Waals surface area contributed by atoms with Crippen molar-refractivity contribution in [3.8, 4) is 5.75 Å². The van der Waals surface area contributed by atoms with E-state index >= 15 is 0 Å². The molecule has 240 valence electrons. The number of carboxylic acid groups (broad SMARTS) is 1. The monoisotopic (exact) mass is 628 g/mol. The molecular formula is C32H35F3N4O6. The number of alkyl halides is 3. The van der Waals surface area contributed by atoms with Crippen molar-refractivity contribution in [3.05, 3.63) is 89.0 Å². The van der Waals surface area contributed by atoms with Crippen molar-refractivity contribution in [1.29, 1.82) is 0 Å². The van der Waals surface area contributed by atoms with Gasteiger partial charge in [-0.05, 0) is 68.1 Å². The third-order valence-electron chi connectivity index (χ3n) is 7.55. The summed E-state index contributed by atoms with van der Waals surface area (Å²) in [6.07, 6.45) is -5.01. The standard InChI is InChI=1S/C32H35F3N4O6/c1-19-15-39(20(2)18-40)29(41)25-5-4-6-26(37-31(44)36-24-13-11-23(12-14-24)32(33,34)35)28(25)45-27(19)17-38(3)16-21-7-9-22(10-8-21)30(42)43/h4-14,19-20,27,40H,15-18H2,1-3H3,(H,42,43)(H2,36,37,44)/t19-,20+,27+/m1/s1. The number of carboxylic acids is 1. The van der Waals surface area contributed by atoms with E-state index in [1.807, 2.05) is 18.9 Å². The van der Waals surface area contributed by atoms with Crippen LogP contribution in [0.2, 0.25) is 0 Å². The Bertz CT molecular complexity index is 1510. The molecule has 3 aromatic rings. The number of nitrogens with one attached hydrogen (secondary N) is 2. The van der Waals surface area contributed by atoms with Gasteiger partial charge in [0.15, 0.2) is 5.75 Å².